The van der Waals surface area contributed by atoms with E-state index in [0.717, 1.165) is 55.4 Å². The molecule has 2 aromatic carbocycles. The summed E-state index contributed by atoms with van der Waals surface area (Å²) in [5, 5.41) is 9.49. The SMILES string of the molecule is CN=C(NCCc1cccc(C(=O)NC)c1)NCC1(c2ccc3c(c2)OCO3)CC1.I. The second kappa shape index (κ2) is 10.2. The van der Waals surface area contributed by atoms with Gasteiger partial charge in [0.15, 0.2) is 17.5 Å². The molecule has 3 N–H and O–H groups in total. The number of hydrogen-bond acceptors (Lipinski definition) is 4. The molecule has 8 heteroatoms. The second-order valence-corrected chi connectivity index (χ2v) is 7.73. The van der Waals surface area contributed by atoms with Crippen LogP contribution in [-0.2, 0) is 11.8 Å². The Hall–Kier alpha value is -2.49. The van der Waals surface area contributed by atoms with Crippen molar-refractivity contribution in [1.82, 2.24) is 16.0 Å². The third-order valence-electron chi connectivity index (χ3n) is 5.78. The van der Waals surface area contributed by atoms with E-state index in [1.54, 1.807) is 14.1 Å². The van der Waals surface area contributed by atoms with Gasteiger partial charge in [-0.1, -0.05) is 18.2 Å². The number of nitrogens with zero attached hydrogens (tertiary/aromatic N) is 1. The Labute approximate surface area is 200 Å². The van der Waals surface area contributed by atoms with Crippen molar-refractivity contribution in [2.75, 3.05) is 34.0 Å². The molecule has 4 rings (SSSR count). The zero-order valence-electron chi connectivity index (χ0n) is 17.9. The van der Waals surface area contributed by atoms with Crippen molar-refractivity contribution in [3.8, 4) is 11.5 Å². The summed E-state index contributed by atoms with van der Waals surface area (Å²) < 4.78 is 11.0. The summed E-state index contributed by atoms with van der Waals surface area (Å²) in [6.45, 7) is 1.85. The topological polar surface area (TPSA) is 84.0 Å². The molecule has 0 spiro atoms. The van der Waals surface area contributed by atoms with Gasteiger partial charge in [-0.2, -0.15) is 0 Å². The number of nitrogens with one attached hydrogen (secondary N) is 3. The molecule has 0 unspecified atom stereocenters. The van der Waals surface area contributed by atoms with Crippen LogP contribution in [0.15, 0.2) is 47.5 Å². The average molecular weight is 536 g/mol. The van der Waals surface area contributed by atoms with Crippen LogP contribution >= 0.6 is 24.0 Å². The first-order chi connectivity index (χ1) is 14.6. The van der Waals surface area contributed by atoms with Crippen molar-refractivity contribution in [3.05, 3.63) is 59.2 Å². The van der Waals surface area contributed by atoms with Gasteiger partial charge in [0, 0.05) is 38.2 Å². The molecule has 2 aromatic rings. The van der Waals surface area contributed by atoms with Gasteiger partial charge in [-0.3, -0.25) is 9.79 Å². The largest absolute Gasteiger partial charge is 0.454 e. The van der Waals surface area contributed by atoms with Crippen LogP contribution in [0.5, 0.6) is 11.5 Å². The maximum atomic E-state index is 11.8. The van der Waals surface area contributed by atoms with Gasteiger partial charge in [-0.15, -0.1) is 24.0 Å². The molecule has 1 saturated carbocycles. The van der Waals surface area contributed by atoms with Gasteiger partial charge < -0.3 is 25.4 Å². The number of hydrogen-bond donors (Lipinski definition) is 3. The summed E-state index contributed by atoms with van der Waals surface area (Å²) in [6, 6.07) is 13.9. The van der Waals surface area contributed by atoms with Crippen LogP contribution < -0.4 is 25.4 Å². The lowest BCUT2D eigenvalue weighted by molar-refractivity contribution is 0.0963. The predicted molar refractivity (Wildman–Crippen MR) is 132 cm³/mol. The molecule has 1 aliphatic heterocycles. The van der Waals surface area contributed by atoms with Crippen LogP contribution in [0.4, 0.5) is 0 Å². The lowest BCUT2D eigenvalue weighted by Gasteiger charge is -2.19. The monoisotopic (exact) mass is 536 g/mol. The molecule has 31 heavy (non-hydrogen) atoms. The number of ether oxygens (including phenoxy) is 2. The number of amides is 1. The third-order valence-corrected chi connectivity index (χ3v) is 5.78. The molecule has 1 amide bonds. The van der Waals surface area contributed by atoms with E-state index >= 15 is 0 Å². The summed E-state index contributed by atoms with van der Waals surface area (Å²) in [5.74, 6) is 2.37. The number of aliphatic imine (C=N–C) groups is 1. The first kappa shape index (κ1) is 23.2. The van der Waals surface area contributed by atoms with E-state index in [4.69, 9.17) is 9.47 Å². The lowest BCUT2D eigenvalue weighted by Crippen LogP contribution is -2.42. The molecule has 0 atom stereocenters. The van der Waals surface area contributed by atoms with Crippen molar-refractivity contribution in [2.45, 2.75) is 24.7 Å². The third kappa shape index (κ3) is 5.41. The minimum atomic E-state index is -0.0689. The molecule has 0 aromatic heterocycles. The van der Waals surface area contributed by atoms with E-state index in [9.17, 15) is 4.79 Å². The highest BCUT2D eigenvalue weighted by molar-refractivity contribution is 14.0. The smallest absolute Gasteiger partial charge is 0.251 e. The fraction of sp³-hybridized carbons (Fsp3) is 0.391. The van der Waals surface area contributed by atoms with Crippen molar-refractivity contribution in [2.24, 2.45) is 4.99 Å². The Morgan fingerprint density at radius 1 is 1.10 bits per heavy atom. The van der Waals surface area contributed by atoms with Crippen molar-refractivity contribution in [3.63, 3.8) is 0 Å². The van der Waals surface area contributed by atoms with Crippen LogP contribution in [0.1, 0.15) is 34.3 Å². The quantitative estimate of drug-likeness (QED) is 0.288. The molecule has 1 fully saturated rings. The number of halogens is 1. The summed E-state index contributed by atoms with van der Waals surface area (Å²) in [5.41, 5.74) is 3.19. The predicted octanol–water partition coefficient (Wildman–Crippen LogP) is 2.83. The van der Waals surface area contributed by atoms with Gasteiger partial charge in [0.1, 0.15) is 0 Å². The average Bonchev–Trinajstić information content (AvgIpc) is 3.43. The van der Waals surface area contributed by atoms with Crippen LogP contribution in [-0.4, -0.2) is 45.8 Å². The Bertz CT molecular complexity index is 960. The van der Waals surface area contributed by atoms with Gasteiger partial charge in [0.2, 0.25) is 6.79 Å². The van der Waals surface area contributed by atoms with E-state index in [-0.39, 0.29) is 35.3 Å². The van der Waals surface area contributed by atoms with Crippen molar-refractivity contribution < 1.29 is 14.3 Å². The fourth-order valence-electron chi connectivity index (χ4n) is 3.76. The number of carbonyl (C=O) groups excluding carboxylic acids is 1. The van der Waals surface area contributed by atoms with Gasteiger partial charge in [0.05, 0.1) is 0 Å². The number of fused-ring (bicyclic) bond motifs is 1. The first-order valence-electron chi connectivity index (χ1n) is 10.3. The molecular formula is C23H29IN4O3. The Morgan fingerprint density at radius 2 is 1.90 bits per heavy atom. The normalized spacial score (nSPS) is 15.6. The zero-order chi connectivity index (χ0) is 21.0. The Balaban J connectivity index is 0.00000272. The highest BCUT2D eigenvalue weighted by Crippen LogP contribution is 2.49. The summed E-state index contributed by atoms with van der Waals surface area (Å²) in [7, 11) is 3.42. The summed E-state index contributed by atoms with van der Waals surface area (Å²) in [6.07, 6.45) is 3.09. The van der Waals surface area contributed by atoms with E-state index < -0.39 is 0 Å². The van der Waals surface area contributed by atoms with Crippen LogP contribution in [0, 0.1) is 0 Å². The molecule has 1 heterocycles. The van der Waals surface area contributed by atoms with E-state index in [2.05, 4.69) is 33.1 Å². The minimum absolute atomic E-state index is 0. The van der Waals surface area contributed by atoms with Crippen LogP contribution in [0.2, 0.25) is 0 Å². The van der Waals surface area contributed by atoms with Crippen molar-refractivity contribution in [1.29, 1.82) is 0 Å². The van der Waals surface area contributed by atoms with Gasteiger partial charge in [-0.05, 0) is 54.7 Å². The second-order valence-electron chi connectivity index (χ2n) is 7.73. The number of rotatable bonds is 7. The van der Waals surface area contributed by atoms with E-state index in [1.165, 1.54) is 5.56 Å². The summed E-state index contributed by atoms with van der Waals surface area (Å²) in [4.78, 5) is 16.1. The molecule has 7 nitrogen and oxygen atoms in total. The highest BCUT2D eigenvalue weighted by atomic mass is 127. The fourth-order valence-corrected chi connectivity index (χ4v) is 3.76. The maximum Gasteiger partial charge on any atom is 0.251 e. The lowest BCUT2D eigenvalue weighted by atomic mass is 9.95. The standard InChI is InChI=1S/C23H28N4O3.HI/c1-24-21(28)17-5-3-4-16(12-17)8-11-26-22(25-2)27-14-23(9-10-23)18-6-7-19-20(13-18)30-15-29-19;/h3-7,12-13H,8-11,14-15H2,1-2H3,(H,24,28)(H2,25,26,27);1H. The molecule has 0 saturated heterocycles. The summed E-state index contributed by atoms with van der Waals surface area (Å²) >= 11 is 0. The van der Waals surface area contributed by atoms with Crippen LogP contribution in [0.3, 0.4) is 0 Å². The van der Waals surface area contributed by atoms with E-state index in [0.29, 0.717) is 12.4 Å². The number of carbonyl (C=O) groups is 1. The van der Waals surface area contributed by atoms with Crippen LogP contribution in [0.25, 0.3) is 0 Å². The van der Waals surface area contributed by atoms with E-state index in [1.807, 2.05) is 30.3 Å². The molecule has 1 aliphatic carbocycles. The van der Waals surface area contributed by atoms with Gasteiger partial charge in [0.25, 0.3) is 5.91 Å². The maximum absolute atomic E-state index is 11.8. The number of benzene rings is 2. The molecular weight excluding hydrogens is 507 g/mol. The first-order valence-corrected chi connectivity index (χ1v) is 10.3. The Kier molecular flexibility index (Phi) is 7.64. The van der Waals surface area contributed by atoms with Crippen molar-refractivity contribution >= 4 is 35.8 Å². The molecule has 0 bridgehead atoms. The minimum Gasteiger partial charge on any atom is -0.454 e. The molecule has 2 aliphatic rings. The number of guanidine groups is 1. The zero-order valence-corrected chi connectivity index (χ0v) is 20.2. The van der Waals surface area contributed by atoms with Gasteiger partial charge >= 0.3 is 0 Å². The van der Waals surface area contributed by atoms with Gasteiger partial charge in [-0.25, -0.2) is 0 Å². The molecule has 0 radical (unpaired) electrons. The Morgan fingerprint density at radius 3 is 2.65 bits per heavy atom. The molecule has 166 valence electrons. The highest BCUT2D eigenvalue weighted by Gasteiger charge is 2.44.